The zero-order chi connectivity index (χ0) is 7.56. The van der Waals surface area contributed by atoms with Gasteiger partial charge in [0.05, 0.1) is 5.92 Å². The topological polar surface area (TPSA) is 40.5 Å². The van der Waals surface area contributed by atoms with Crippen LogP contribution in [0.15, 0.2) is 0 Å². The fourth-order valence-electron chi connectivity index (χ4n) is 1.26. The molecule has 0 radical (unpaired) electrons. The standard InChI is InChI=1S/C6H12BNO2/c7-8-3-1-5(2-4-8)6(9)10/h5H,1-4,7H2,(H,9,10). The Balaban J connectivity index is 2.33. The molecule has 0 aromatic carbocycles. The van der Waals surface area contributed by atoms with Crippen molar-refractivity contribution >= 4 is 14.0 Å². The van der Waals surface area contributed by atoms with E-state index in [0.29, 0.717) is 0 Å². The van der Waals surface area contributed by atoms with Crippen LogP contribution in [-0.2, 0) is 4.79 Å². The highest BCUT2D eigenvalue weighted by molar-refractivity contribution is 6.04. The molecule has 4 heteroatoms. The second-order valence-electron chi connectivity index (χ2n) is 2.92. The Morgan fingerprint density at radius 3 is 2.40 bits per heavy atom. The van der Waals surface area contributed by atoms with Gasteiger partial charge in [-0.05, 0) is 25.9 Å². The van der Waals surface area contributed by atoms with E-state index in [2.05, 4.69) is 4.81 Å². The van der Waals surface area contributed by atoms with Gasteiger partial charge in [-0.3, -0.25) is 4.79 Å². The molecule has 3 nitrogen and oxygen atoms in total. The second kappa shape index (κ2) is 3.06. The molecule has 0 bridgehead atoms. The maximum atomic E-state index is 10.4. The van der Waals surface area contributed by atoms with E-state index in [-0.39, 0.29) is 5.92 Å². The van der Waals surface area contributed by atoms with Crippen LogP contribution in [0.1, 0.15) is 12.8 Å². The highest BCUT2D eigenvalue weighted by Crippen LogP contribution is 2.14. The Hall–Kier alpha value is -0.505. The molecule has 0 unspecified atom stereocenters. The summed E-state index contributed by atoms with van der Waals surface area (Å²) in [6.45, 7) is 1.86. The van der Waals surface area contributed by atoms with E-state index in [1.54, 1.807) is 0 Å². The molecular formula is C6H12BNO2. The molecule has 0 aromatic rings. The molecule has 1 N–H and O–H groups in total. The monoisotopic (exact) mass is 141 g/mol. The van der Waals surface area contributed by atoms with E-state index in [1.807, 2.05) is 7.98 Å². The van der Waals surface area contributed by atoms with Crippen LogP contribution in [0.5, 0.6) is 0 Å². The molecule has 0 spiro atoms. The summed E-state index contributed by atoms with van der Waals surface area (Å²) < 4.78 is 0. The van der Waals surface area contributed by atoms with Crippen molar-refractivity contribution in [1.82, 2.24) is 4.81 Å². The first-order valence-electron chi connectivity index (χ1n) is 3.61. The van der Waals surface area contributed by atoms with Gasteiger partial charge in [0.1, 0.15) is 0 Å². The van der Waals surface area contributed by atoms with Gasteiger partial charge in [0.15, 0.2) is 7.98 Å². The highest BCUT2D eigenvalue weighted by atomic mass is 16.4. The molecule has 1 heterocycles. The molecular weight excluding hydrogens is 129 g/mol. The molecule has 0 saturated carbocycles. The summed E-state index contributed by atoms with van der Waals surface area (Å²) in [5.74, 6) is -0.718. The molecule has 0 amide bonds. The molecule has 1 aliphatic rings. The van der Waals surface area contributed by atoms with Gasteiger partial charge in [-0.2, -0.15) is 0 Å². The lowest BCUT2D eigenvalue weighted by molar-refractivity contribution is -0.142. The van der Waals surface area contributed by atoms with Crippen molar-refractivity contribution in [2.75, 3.05) is 13.1 Å². The smallest absolute Gasteiger partial charge is 0.306 e. The van der Waals surface area contributed by atoms with Crippen LogP contribution >= 0.6 is 0 Å². The maximum Gasteiger partial charge on any atom is 0.306 e. The second-order valence-corrected chi connectivity index (χ2v) is 2.92. The molecule has 1 fully saturated rings. The van der Waals surface area contributed by atoms with Crippen molar-refractivity contribution in [3.05, 3.63) is 0 Å². The molecule has 1 saturated heterocycles. The zero-order valence-corrected chi connectivity index (χ0v) is 6.21. The molecule has 0 aliphatic carbocycles. The van der Waals surface area contributed by atoms with Gasteiger partial charge in [0.2, 0.25) is 0 Å². The lowest BCUT2D eigenvalue weighted by atomic mass is 9.95. The molecule has 10 heavy (non-hydrogen) atoms. The summed E-state index contributed by atoms with van der Waals surface area (Å²) in [7, 11) is 2.03. The van der Waals surface area contributed by atoms with Crippen molar-refractivity contribution in [1.29, 1.82) is 0 Å². The third kappa shape index (κ3) is 1.74. The van der Waals surface area contributed by atoms with Crippen LogP contribution in [0.3, 0.4) is 0 Å². The summed E-state index contributed by atoms with van der Waals surface area (Å²) in [6, 6.07) is 0. The minimum atomic E-state index is -0.631. The Morgan fingerprint density at radius 2 is 2.00 bits per heavy atom. The van der Waals surface area contributed by atoms with Gasteiger partial charge in [0.25, 0.3) is 0 Å². The number of hydrogen-bond acceptors (Lipinski definition) is 2. The van der Waals surface area contributed by atoms with Crippen LogP contribution in [-0.4, -0.2) is 37.0 Å². The summed E-state index contributed by atoms with van der Waals surface area (Å²) in [5.41, 5.74) is 0. The molecule has 0 atom stereocenters. The maximum absolute atomic E-state index is 10.4. The number of rotatable bonds is 1. The van der Waals surface area contributed by atoms with Crippen molar-refractivity contribution < 1.29 is 9.90 Å². The summed E-state index contributed by atoms with van der Waals surface area (Å²) >= 11 is 0. The van der Waals surface area contributed by atoms with Crippen LogP contribution in [0.2, 0.25) is 0 Å². The van der Waals surface area contributed by atoms with Gasteiger partial charge in [0, 0.05) is 0 Å². The van der Waals surface area contributed by atoms with Crippen molar-refractivity contribution in [3.63, 3.8) is 0 Å². The lowest BCUT2D eigenvalue weighted by Crippen LogP contribution is -2.34. The van der Waals surface area contributed by atoms with Gasteiger partial charge in [-0.1, -0.05) is 0 Å². The van der Waals surface area contributed by atoms with Crippen molar-refractivity contribution in [2.24, 2.45) is 5.92 Å². The minimum Gasteiger partial charge on any atom is -0.481 e. The summed E-state index contributed by atoms with van der Waals surface area (Å²) in [4.78, 5) is 12.6. The van der Waals surface area contributed by atoms with Crippen LogP contribution < -0.4 is 0 Å². The first kappa shape index (κ1) is 7.60. The number of hydrogen-bond donors (Lipinski definition) is 1. The average molecular weight is 141 g/mol. The SMILES string of the molecule is BN1CCC(C(=O)O)CC1. The number of carboxylic acid groups (broad SMARTS) is 1. The number of carbonyl (C=O) groups is 1. The largest absolute Gasteiger partial charge is 0.481 e. The van der Waals surface area contributed by atoms with E-state index in [9.17, 15) is 4.79 Å². The summed E-state index contributed by atoms with van der Waals surface area (Å²) in [5, 5.41) is 8.61. The lowest BCUT2D eigenvalue weighted by Gasteiger charge is -2.26. The first-order chi connectivity index (χ1) is 4.70. The van der Waals surface area contributed by atoms with E-state index < -0.39 is 5.97 Å². The van der Waals surface area contributed by atoms with Gasteiger partial charge >= 0.3 is 5.97 Å². The fourth-order valence-corrected chi connectivity index (χ4v) is 1.26. The number of piperidine rings is 1. The van der Waals surface area contributed by atoms with Crippen molar-refractivity contribution in [2.45, 2.75) is 12.8 Å². The summed E-state index contributed by atoms with van der Waals surface area (Å²) in [6.07, 6.45) is 1.62. The van der Waals surface area contributed by atoms with E-state index in [1.165, 1.54) is 0 Å². The Kier molecular flexibility index (Phi) is 2.32. The molecule has 1 rings (SSSR count). The third-order valence-corrected chi connectivity index (χ3v) is 2.07. The number of carboxylic acids is 1. The highest BCUT2D eigenvalue weighted by Gasteiger charge is 2.21. The van der Waals surface area contributed by atoms with E-state index >= 15 is 0 Å². The minimum absolute atomic E-state index is 0.0869. The fraction of sp³-hybridized carbons (Fsp3) is 0.833. The predicted molar refractivity (Wildman–Crippen MR) is 40.5 cm³/mol. The van der Waals surface area contributed by atoms with Crippen LogP contribution in [0.4, 0.5) is 0 Å². The number of aliphatic carboxylic acids is 1. The molecule has 0 aromatic heterocycles. The quantitative estimate of drug-likeness (QED) is 0.492. The first-order valence-corrected chi connectivity index (χ1v) is 3.61. The molecule has 56 valence electrons. The average Bonchev–Trinajstić information content (AvgIpc) is 1.88. The van der Waals surface area contributed by atoms with Gasteiger partial charge in [-0.25, -0.2) is 0 Å². The normalized spacial score (nSPS) is 22.8. The Morgan fingerprint density at radius 1 is 1.50 bits per heavy atom. The Bertz CT molecular complexity index is 132. The van der Waals surface area contributed by atoms with Crippen LogP contribution in [0, 0.1) is 5.92 Å². The molecule has 1 aliphatic heterocycles. The van der Waals surface area contributed by atoms with E-state index in [4.69, 9.17) is 5.11 Å². The van der Waals surface area contributed by atoms with Gasteiger partial charge in [-0.15, -0.1) is 0 Å². The zero-order valence-electron chi connectivity index (χ0n) is 6.21. The van der Waals surface area contributed by atoms with Crippen LogP contribution in [0.25, 0.3) is 0 Å². The third-order valence-electron chi connectivity index (χ3n) is 2.07. The van der Waals surface area contributed by atoms with Crippen molar-refractivity contribution in [3.8, 4) is 0 Å². The predicted octanol–water partition coefficient (Wildman–Crippen LogP) is -0.669. The van der Waals surface area contributed by atoms with E-state index in [0.717, 1.165) is 25.9 Å². The van der Waals surface area contributed by atoms with Gasteiger partial charge < -0.3 is 9.92 Å². The number of nitrogens with zero attached hydrogens (tertiary/aromatic N) is 1. The Labute approximate surface area is 61.4 Å².